The van der Waals surface area contributed by atoms with Crippen molar-refractivity contribution in [2.75, 3.05) is 21.5 Å². The lowest BCUT2D eigenvalue weighted by Gasteiger charge is -2.46. The van der Waals surface area contributed by atoms with Gasteiger partial charge in [-0.3, -0.25) is 10.4 Å². The predicted molar refractivity (Wildman–Crippen MR) is 133 cm³/mol. The van der Waals surface area contributed by atoms with E-state index in [-0.39, 0.29) is 17.1 Å². The number of nitrogens with zero attached hydrogens (tertiary/aromatic N) is 3. The van der Waals surface area contributed by atoms with Gasteiger partial charge in [0.15, 0.2) is 11.6 Å². The van der Waals surface area contributed by atoms with Crippen molar-refractivity contribution < 1.29 is 0 Å². The van der Waals surface area contributed by atoms with Crippen LogP contribution in [-0.2, 0) is 0 Å². The summed E-state index contributed by atoms with van der Waals surface area (Å²) in [6.45, 7) is 8.93. The summed E-state index contributed by atoms with van der Waals surface area (Å²) in [6, 6.07) is 20.4. The van der Waals surface area contributed by atoms with Gasteiger partial charge in [0.2, 0.25) is 0 Å². The molecule has 7 heteroatoms. The second-order valence-corrected chi connectivity index (χ2v) is 9.75. The van der Waals surface area contributed by atoms with E-state index in [2.05, 4.69) is 53.7 Å². The Morgan fingerprint density at radius 1 is 0.844 bits per heavy atom. The van der Waals surface area contributed by atoms with Crippen molar-refractivity contribution in [2.24, 2.45) is 0 Å². The first-order valence-electron chi connectivity index (χ1n) is 11.1. The molecule has 0 saturated carbocycles. The van der Waals surface area contributed by atoms with Gasteiger partial charge in [-0.2, -0.15) is 0 Å². The van der Waals surface area contributed by atoms with Crippen LogP contribution in [0.5, 0.6) is 0 Å². The fraction of sp³-hybridized carbons (Fsp3) is 0.360. The molecule has 5 N–H and O–H groups in total. The van der Waals surface area contributed by atoms with E-state index >= 15 is 0 Å². The Bertz CT molecular complexity index is 979. The number of hydrazine groups is 1. The van der Waals surface area contributed by atoms with Gasteiger partial charge in [-0.05, 0) is 64.8 Å². The summed E-state index contributed by atoms with van der Waals surface area (Å²) in [6.07, 6.45) is 3.50. The van der Waals surface area contributed by atoms with Crippen LogP contribution in [-0.4, -0.2) is 27.1 Å². The average molecular weight is 432 g/mol. The first-order chi connectivity index (χ1) is 15.2. The summed E-state index contributed by atoms with van der Waals surface area (Å²) >= 11 is 0. The monoisotopic (exact) mass is 431 g/mol. The molecule has 0 amide bonds. The molecule has 1 aromatic heterocycles. The van der Waals surface area contributed by atoms with Crippen LogP contribution >= 0.6 is 0 Å². The lowest BCUT2D eigenvalue weighted by atomic mass is 9.79. The number of piperidine rings is 1. The highest BCUT2D eigenvalue weighted by atomic mass is 15.5. The Morgan fingerprint density at radius 2 is 1.34 bits per heavy atom. The highest BCUT2D eigenvalue weighted by Crippen LogP contribution is 2.33. The van der Waals surface area contributed by atoms with E-state index in [1.165, 1.54) is 0 Å². The van der Waals surface area contributed by atoms with Gasteiger partial charge in [-0.15, -0.1) is 0 Å². The van der Waals surface area contributed by atoms with Crippen LogP contribution in [0.3, 0.4) is 0 Å². The van der Waals surface area contributed by atoms with Crippen molar-refractivity contribution in [2.45, 2.75) is 57.7 Å². The molecule has 1 aliphatic rings. The van der Waals surface area contributed by atoms with Gasteiger partial charge >= 0.3 is 0 Å². The first-order valence-corrected chi connectivity index (χ1v) is 11.1. The number of nitrogens with two attached hydrogens (primary N) is 1. The van der Waals surface area contributed by atoms with Crippen LogP contribution in [0.1, 0.15) is 40.5 Å². The average Bonchev–Trinajstić information content (AvgIpc) is 2.73. The standard InChI is InChI=1S/C25H33N7/c1-24(2)15-18(16-25(3,4)31-24)29-22-21(26)23(28-17-27-22)30-32(19-11-7-5-8-12-19)20-13-9-6-10-14-20/h5-14,17-18,31H,15-16,26H2,1-4H3,(H2,27,28,29,30). The third-order valence-electron chi connectivity index (χ3n) is 5.66. The molecule has 0 unspecified atom stereocenters. The summed E-state index contributed by atoms with van der Waals surface area (Å²) in [4.78, 5) is 8.89. The minimum Gasteiger partial charge on any atom is -0.393 e. The van der Waals surface area contributed by atoms with Crippen LogP contribution < -0.4 is 26.8 Å². The van der Waals surface area contributed by atoms with Gasteiger partial charge in [-0.25, -0.2) is 9.97 Å². The Kier molecular flexibility index (Phi) is 5.93. The van der Waals surface area contributed by atoms with Crippen molar-refractivity contribution >= 4 is 28.7 Å². The fourth-order valence-electron chi connectivity index (χ4n) is 4.76. The second-order valence-electron chi connectivity index (χ2n) is 9.75. The van der Waals surface area contributed by atoms with E-state index in [1.54, 1.807) is 6.33 Å². The molecule has 0 aliphatic carbocycles. The maximum atomic E-state index is 6.55. The quantitative estimate of drug-likeness (QED) is 0.411. The molecule has 2 heterocycles. The van der Waals surface area contributed by atoms with Crippen molar-refractivity contribution in [1.82, 2.24) is 15.3 Å². The lowest BCUT2D eigenvalue weighted by Crippen LogP contribution is -2.60. The molecular weight excluding hydrogens is 398 g/mol. The van der Waals surface area contributed by atoms with Crippen LogP contribution in [0.25, 0.3) is 0 Å². The van der Waals surface area contributed by atoms with E-state index in [0.29, 0.717) is 17.3 Å². The molecular formula is C25H33N7. The molecule has 168 valence electrons. The molecule has 3 aromatic rings. The smallest absolute Gasteiger partial charge is 0.173 e. The molecule has 2 aromatic carbocycles. The number of benzene rings is 2. The normalized spacial score (nSPS) is 17.5. The predicted octanol–water partition coefficient (Wildman–Crippen LogP) is 4.95. The van der Waals surface area contributed by atoms with E-state index < -0.39 is 0 Å². The third-order valence-corrected chi connectivity index (χ3v) is 5.66. The van der Waals surface area contributed by atoms with Crippen LogP contribution in [0.4, 0.5) is 28.7 Å². The molecule has 32 heavy (non-hydrogen) atoms. The van der Waals surface area contributed by atoms with Gasteiger partial charge in [0.25, 0.3) is 0 Å². The van der Waals surface area contributed by atoms with Gasteiger partial charge in [0, 0.05) is 17.1 Å². The maximum absolute atomic E-state index is 6.55. The zero-order chi connectivity index (χ0) is 22.8. The third kappa shape index (κ3) is 5.11. The number of aromatic nitrogens is 2. The number of anilines is 5. The second kappa shape index (κ2) is 8.67. The zero-order valence-corrected chi connectivity index (χ0v) is 19.3. The molecule has 1 aliphatic heterocycles. The molecule has 0 radical (unpaired) electrons. The highest BCUT2D eigenvalue weighted by Gasteiger charge is 2.38. The summed E-state index contributed by atoms with van der Waals surface area (Å²) in [5.41, 5.74) is 12.5. The van der Waals surface area contributed by atoms with Crippen molar-refractivity contribution in [1.29, 1.82) is 0 Å². The van der Waals surface area contributed by atoms with E-state index in [4.69, 9.17) is 5.73 Å². The number of nitrogen functional groups attached to an aromatic ring is 1. The van der Waals surface area contributed by atoms with Gasteiger partial charge in [0.1, 0.15) is 12.0 Å². The van der Waals surface area contributed by atoms with Crippen LogP contribution in [0.2, 0.25) is 0 Å². The Balaban J connectivity index is 1.60. The Labute approximate surface area is 190 Å². The number of rotatable bonds is 6. The minimum atomic E-state index is 0.0275. The zero-order valence-electron chi connectivity index (χ0n) is 19.3. The Hall–Kier alpha value is -3.32. The summed E-state index contributed by atoms with van der Waals surface area (Å²) in [7, 11) is 0. The number of hydrogen-bond donors (Lipinski definition) is 4. The number of para-hydroxylation sites is 2. The van der Waals surface area contributed by atoms with Crippen molar-refractivity contribution in [3.63, 3.8) is 0 Å². The van der Waals surface area contributed by atoms with Crippen LogP contribution in [0.15, 0.2) is 67.0 Å². The molecule has 0 spiro atoms. The van der Waals surface area contributed by atoms with E-state index in [9.17, 15) is 0 Å². The van der Waals surface area contributed by atoms with E-state index in [0.717, 1.165) is 24.2 Å². The van der Waals surface area contributed by atoms with Crippen molar-refractivity contribution in [3.05, 3.63) is 67.0 Å². The van der Waals surface area contributed by atoms with E-state index in [1.807, 2.05) is 65.7 Å². The molecule has 0 atom stereocenters. The number of hydrogen-bond acceptors (Lipinski definition) is 7. The Morgan fingerprint density at radius 3 is 1.88 bits per heavy atom. The lowest BCUT2D eigenvalue weighted by molar-refractivity contribution is 0.170. The van der Waals surface area contributed by atoms with Crippen LogP contribution in [0, 0.1) is 0 Å². The summed E-state index contributed by atoms with van der Waals surface area (Å²) in [5, 5.41) is 9.26. The summed E-state index contributed by atoms with van der Waals surface area (Å²) < 4.78 is 0. The van der Waals surface area contributed by atoms with Gasteiger partial charge < -0.3 is 16.4 Å². The summed E-state index contributed by atoms with van der Waals surface area (Å²) in [5.74, 6) is 1.21. The molecule has 4 rings (SSSR count). The molecule has 1 fully saturated rings. The first kappa shape index (κ1) is 21.9. The maximum Gasteiger partial charge on any atom is 0.173 e. The molecule has 0 bridgehead atoms. The van der Waals surface area contributed by atoms with Crippen molar-refractivity contribution in [3.8, 4) is 0 Å². The number of nitrogens with one attached hydrogen (secondary N) is 3. The SMILES string of the molecule is CC1(C)CC(Nc2ncnc(NN(c3ccccc3)c3ccccc3)c2N)CC(C)(C)N1. The minimum absolute atomic E-state index is 0.0275. The molecule has 1 saturated heterocycles. The fourth-order valence-corrected chi connectivity index (χ4v) is 4.76. The largest absolute Gasteiger partial charge is 0.393 e. The topological polar surface area (TPSA) is 91.1 Å². The van der Waals surface area contributed by atoms with Gasteiger partial charge in [-0.1, -0.05) is 36.4 Å². The highest BCUT2D eigenvalue weighted by molar-refractivity contribution is 5.78. The van der Waals surface area contributed by atoms with Gasteiger partial charge in [0.05, 0.1) is 11.4 Å². The molecule has 7 nitrogen and oxygen atoms in total.